The van der Waals surface area contributed by atoms with E-state index in [4.69, 9.17) is 9.47 Å². The Morgan fingerprint density at radius 1 is 0.818 bits per heavy atom. The highest BCUT2D eigenvalue weighted by atomic mass is 16.5. The molecule has 0 N–H and O–H groups in total. The molecule has 1 aromatic heterocycles. The van der Waals surface area contributed by atoms with Crippen molar-refractivity contribution in [2.24, 2.45) is 0 Å². The van der Waals surface area contributed by atoms with Gasteiger partial charge in [0, 0.05) is 37.1 Å². The Kier molecular flexibility index (Phi) is 2.83. The maximum absolute atomic E-state index is 5.82. The summed E-state index contributed by atoms with van der Waals surface area (Å²) in [7, 11) is 3.45. The first kappa shape index (κ1) is 13.4. The average molecular weight is 291 g/mol. The Hall–Kier alpha value is -2.23. The molecule has 2 aromatic rings. The second-order valence-corrected chi connectivity index (χ2v) is 5.64. The molecule has 1 heterocycles. The van der Waals surface area contributed by atoms with Gasteiger partial charge in [0.25, 0.3) is 0 Å². The third kappa shape index (κ3) is 1.67. The Morgan fingerprint density at radius 3 is 2.00 bits per heavy atom. The number of nitrogens with zero attached hydrogens (tertiary/aromatic N) is 1. The van der Waals surface area contributed by atoms with Crippen LogP contribution >= 0.6 is 0 Å². The fourth-order valence-corrected chi connectivity index (χ4v) is 3.31. The molecule has 0 radical (unpaired) electrons. The monoisotopic (exact) mass is 291 g/mol. The summed E-state index contributed by atoms with van der Waals surface area (Å²) in [4.78, 5) is 4.64. The van der Waals surface area contributed by atoms with Gasteiger partial charge in [-0.1, -0.05) is 30.3 Å². The van der Waals surface area contributed by atoms with Gasteiger partial charge in [0.15, 0.2) is 0 Å². The maximum atomic E-state index is 5.82. The van der Waals surface area contributed by atoms with Gasteiger partial charge in [-0.25, -0.2) is 0 Å². The van der Waals surface area contributed by atoms with E-state index in [1.54, 1.807) is 14.2 Å². The molecule has 0 fully saturated rings. The van der Waals surface area contributed by atoms with E-state index in [1.807, 2.05) is 36.5 Å². The fraction of sp³-hybridized carbons (Fsp3) is 0.211. The van der Waals surface area contributed by atoms with E-state index in [2.05, 4.69) is 35.3 Å². The molecule has 110 valence electrons. The van der Waals surface area contributed by atoms with Crippen molar-refractivity contribution in [3.8, 4) is 11.3 Å². The lowest BCUT2D eigenvalue weighted by molar-refractivity contribution is 0.0207. The molecule has 3 aliphatic carbocycles. The summed E-state index contributed by atoms with van der Waals surface area (Å²) < 4.78 is 11.6. The molecule has 0 atom stereocenters. The predicted octanol–water partition coefficient (Wildman–Crippen LogP) is 3.57. The molecule has 3 heteroatoms. The van der Waals surface area contributed by atoms with Gasteiger partial charge < -0.3 is 9.47 Å². The van der Waals surface area contributed by atoms with E-state index >= 15 is 0 Å². The molecular weight excluding hydrogens is 274 g/mol. The van der Waals surface area contributed by atoms with E-state index in [-0.39, 0.29) is 0 Å². The molecule has 0 spiro atoms. The molecule has 22 heavy (non-hydrogen) atoms. The Balaban J connectivity index is 1.93. The molecule has 3 nitrogen and oxygen atoms in total. The van der Waals surface area contributed by atoms with Crippen LogP contribution in [-0.2, 0) is 20.7 Å². The van der Waals surface area contributed by atoms with Crippen LogP contribution in [0.15, 0.2) is 66.9 Å². The van der Waals surface area contributed by atoms with Crippen molar-refractivity contribution >= 4 is 0 Å². The first-order chi connectivity index (χ1) is 10.7. The summed E-state index contributed by atoms with van der Waals surface area (Å²) in [6.07, 6.45) is 10.1. The van der Waals surface area contributed by atoms with Crippen molar-refractivity contribution in [2.75, 3.05) is 14.2 Å². The van der Waals surface area contributed by atoms with Crippen LogP contribution in [0, 0.1) is 0 Å². The molecule has 0 saturated heterocycles. The van der Waals surface area contributed by atoms with Gasteiger partial charge in [-0.2, -0.15) is 0 Å². The number of hydrogen-bond acceptors (Lipinski definition) is 3. The second kappa shape index (κ2) is 4.63. The number of hydrogen-bond donors (Lipinski definition) is 0. The van der Waals surface area contributed by atoms with E-state index in [0.29, 0.717) is 0 Å². The summed E-state index contributed by atoms with van der Waals surface area (Å²) >= 11 is 0. The number of methoxy groups -OCH3 is 2. The minimum absolute atomic E-state index is 0.526. The first-order valence-corrected chi connectivity index (χ1v) is 7.30. The molecule has 1 aromatic carbocycles. The molecule has 3 aliphatic rings. The minimum atomic E-state index is -0.530. The Bertz CT molecular complexity index is 763. The molecule has 0 saturated carbocycles. The summed E-state index contributed by atoms with van der Waals surface area (Å²) in [6.45, 7) is 0. The highest BCUT2D eigenvalue weighted by Crippen LogP contribution is 2.49. The van der Waals surface area contributed by atoms with Gasteiger partial charge in [0.1, 0.15) is 11.2 Å². The van der Waals surface area contributed by atoms with Gasteiger partial charge in [-0.3, -0.25) is 4.98 Å². The first-order valence-electron chi connectivity index (χ1n) is 7.30. The number of rotatable bonds is 3. The largest absolute Gasteiger partial charge is 0.365 e. The summed E-state index contributed by atoms with van der Waals surface area (Å²) in [5.41, 5.74) is 3.12. The van der Waals surface area contributed by atoms with Crippen LogP contribution in [0.5, 0.6) is 0 Å². The van der Waals surface area contributed by atoms with Gasteiger partial charge in [0.2, 0.25) is 0 Å². The summed E-state index contributed by atoms with van der Waals surface area (Å²) in [5, 5.41) is 0. The van der Waals surface area contributed by atoms with Gasteiger partial charge in [0.05, 0.1) is 5.69 Å². The van der Waals surface area contributed by atoms with Crippen LogP contribution in [-0.4, -0.2) is 19.2 Å². The van der Waals surface area contributed by atoms with Crippen LogP contribution in [0.3, 0.4) is 0 Å². The Labute approximate surface area is 129 Å². The zero-order chi connectivity index (χ0) is 15.2. The zero-order valence-electron chi connectivity index (χ0n) is 12.6. The lowest BCUT2D eigenvalue weighted by atomic mass is 9.71. The van der Waals surface area contributed by atoms with E-state index in [0.717, 1.165) is 22.4 Å². The summed E-state index contributed by atoms with van der Waals surface area (Å²) in [6, 6.07) is 12.3. The lowest BCUT2D eigenvalue weighted by Crippen LogP contribution is -2.41. The molecule has 0 aliphatic heterocycles. The van der Waals surface area contributed by atoms with Crippen molar-refractivity contribution in [1.82, 2.24) is 4.98 Å². The Morgan fingerprint density at radius 2 is 1.41 bits per heavy atom. The van der Waals surface area contributed by atoms with Crippen LogP contribution in [0.2, 0.25) is 0 Å². The van der Waals surface area contributed by atoms with Crippen LogP contribution in [0.4, 0.5) is 0 Å². The van der Waals surface area contributed by atoms with Gasteiger partial charge in [-0.05, 0) is 30.4 Å². The molecule has 2 bridgehead atoms. The normalized spacial score (nSPS) is 27.9. The third-order valence-corrected chi connectivity index (χ3v) is 4.65. The van der Waals surface area contributed by atoms with E-state index in [1.165, 1.54) is 0 Å². The molecular formula is C19H17NO2. The van der Waals surface area contributed by atoms with Gasteiger partial charge in [-0.15, -0.1) is 0 Å². The van der Waals surface area contributed by atoms with E-state index < -0.39 is 11.2 Å². The predicted molar refractivity (Wildman–Crippen MR) is 85.3 cm³/mol. The van der Waals surface area contributed by atoms with Crippen molar-refractivity contribution in [3.05, 3.63) is 78.0 Å². The lowest BCUT2D eigenvalue weighted by Gasteiger charge is -2.44. The highest BCUT2D eigenvalue weighted by Gasteiger charge is 2.46. The zero-order valence-corrected chi connectivity index (χ0v) is 12.6. The topological polar surface area (TPSA) is 31.4 Å². The second-order valence-electron chi connectivity index (χ2n) is 5.64. The van der Waals surface area contributed by atoms with Crippen LogP contribution in [0.1, 0.15) is 11.1 Å². The van der Waals surface area contributed by atoms with Crippen LogP contribution < -0.4 is 0 Å². The molecule has 5 rings (SSSR count). The third-order valence-electron chi connectivity index (χ3n) is 4.65. The number of ether oxygens (including phenoxy) is 2. The van der Waals surface area contributed by atoms with Crippen molar-refractivity contribution < 1.29 is 9.47 Å². The maximum Gasteiger partial charge on any atom is 0.131 e. The van der Waals surface area contributed by atoms with Crippen LogP contribution in [0.25, 0.3) is 11.3 Å². The minimum Gasteiger partial charge on any atom is -0.365 e. The summed E-state index contributed by atoms with van der Waals surface area (Å²) in [5.74, 6) is 0. The van der Waals surface area contributed by atoms with Gasteiger partial charge >= 0.3 is 0 Å². The van der Waals surface area contributed by atoms with E-state index in [9.17, 15) is 0 Å². The average Bonchev–Trinajstić information content (AvgIpc) is 2.63. The van der Waals surface area contributed by atoms with Crippen molar-refractivity contribution in [2.45, 2.75) is 11.2 Å². The fourth-order valence-electron chi connectivity index (χ4n) is 3.31. The SMILES string of the molecule is COC12C=CC(OC)(C=C1)c1cc(-c3ccccc3)ncc12. The number of benzene rings is 1. The standard InChI is InChI=1S/C19H17NO2/c1-21-18-8-10-19(22-2,11-9-18)16-13-20-17(12-15(16)18)14-6-4-3-5-7-14/h3-13H,1-2H3. The molecule has 0 amide bonds. The number of pyridine rings is 1. The number of aromatic nitrogens is 1. The smallest absolute Gasteiger partial charge is 0.131 e. The van der Waals surface area contributed by atoms with Crippen molar-refractivity contribution in [3.63, 3.8) is 0 Å². The quantitative estimate of drug-likeness (QED) is 0.810. The van der Waals surface area contributed by atoms with Crippen molar-refractivity contribution in [1.29, 1.82) is 0 Å². The molecule has 0 unspecified atom stereocenters. The highest BCUT2D eigenvalue weighted by molar-refractivity contribution is 5.64.